The molecule has 2 rings (SSSR count). The van der Waals surface area contributed by atoms with Crippen molar-refractivity contribution in [1.29, 1.82) is 0 Å². The zero-order valence-electron chi connectivity index (χ0n) is 10.0. The highest BCUT2D eigenvalue weighted by Crippen LogP contribution is 2.16. The van der Waals surface area contributed by atoms with Crippen LogP contribution in [0.3, 0.4) is 0 Å². The molecule has 0 amide bonds. The predicted octanol–water partition coefficient (Wildman–Crippen LogP) is 2.16. The molecule has 0 aliphatic heterocycles. The number of H-pyrrole nitrogens is 1. The molecule has 1 aromatic carbocycles. The molecule has 5 nitrogen and oxygen atoms in total. The van der Waals surface area contributed by atoms with Crippen molar-refractivity contribution in [3.05, 3.63) is 46.4 Å². The van der Waals surface area contributed by atoms with Crippen LogP contribution in [0.4, 0.5) is 11.6 Å². The zero-order valence-corrected chi connectivity index (χ0v) is 10.8. The summed E-state index contributed by atoms with van der Waals surface area (Å²) in [6.45, 7) is 2.14. The fraction of sp³-hybridized carbons (Fsp3) is 0.250. The van der Waals surface area contributed by atoms with E-state index in [0.717, 1.165) is 23.4 Å². The van der Waals surface area contributed by atoms with Crippen molar-refractivity contribution in [2.24, 2.45) is 0 Å². The van der Waals surface area contributed by atoms with E-state index in [1.807, 2.05) is 23.9 Å². The summed E-state index contributed by atoms with van der Waals surface area (Å²) < 4.78 is 0. The zero-order chi connectivity index (χ0) is 12.8. The van der Waals surface area contributed by atoms with Crippen LogP contribution in [0.15, 0.2) is 35.3 Å². The number of nitrogens with zero attached hydrogens (tertiary/aromatic N) is 2. The molecule has 0 aliphatic carbocycles. The summed E-state index contributed by atoms with van der Waals surface area (Å²) in [5, 5.41) is 10.4. The van der Waals surface area contributed by atoms with Gasteiger partial charge >= 0.3 is 0 Å². The molecule has 0 bridgehead atoms. The molecule has 0 atom stereocenters. The first kappa shape index (κ1) is 12.6. The molecule has 0 aliphatic rings. The Bertz CT molecular complexity index is 553. The van der Waals surface area contributed by atoms with Crippen molar-refractivity contribution in [2.45, 2.75) is 12.7 Å². The highest BCUT2D eigenvalue weighted by Gasteiger charge is 1.98. The molecule has 2 N–H and O–H groups in total. The van der Waals surface area contributed by atoms with Crippen LogP contribution in [-0.4, -0.2) is 20.9 Å². The number of thioether (sulfide) groups is 1. The summed E-state index contributed by atoms with van der Waals surface area (Å²) >= 11 is 1.88. The molecule has 18 heavy (non-hydrogen) atoms. The summed E-state index contributed by atoms with van der Waals surface area (Å²) in [7, 11) is 0. The third kappa shape index (κ3) is 3.59. The van der Waals surface area contributed by atoms with E-state index in [4.69, 9.17) is 0 Å². The topological polar surface area (TPSA) is 70.7 Å². The van der Waals surface area contributed by atoms with Gasteiger partial charge in [-0.1, -0.05) is 19.1 Å². The quantitative estimate of drug-likeness (QED) is 0.864. The number of hydrogen-bond donors (Lipinski definition) is 2. The van der Waals surface area contributed by atoms with E-state index in [1.54, 1.807) is 0 Å². The van der Waals surface area contributed by atoms with Crippen LogP contribution in [0, 0.1) is 0 Å². The first-order chi connectivity index (χ1) is 8.78. The van der Waals surface area contributed by atoms with E-state index >= 15 is 0 Å². The predicted molar refractivity (Wildman–Crippen MR) is 74.2 cm³/mol. The van der Waals surface area contributed by atoms with E-state index in [2.05, 4.69) is 39.6 Å². The van der Waals surface area contributed by atoms with Gasteiger partial charge in [0, 0.05) is 11.4 Å². The monoisotopic (exact) mass is 262 g/mol. The molecule has 0 fully saturated rings. The summed E-state index contributed by atoms with van der Waals surface area (Å²) in [4.78, 5) is 13.6. The van der Waals surface area contributed by atoms with Gasteiger partial charge in [0.2, 0.25) is 5.95 Å². The molecular formula is C12H14N4OS. The van der Waals surface area contributed by atoms with Crippen LogP contribution in [-0.2, 0) is 5.75 Å². The number of rotatable bonds is 5. The molecule has 0 spiro atoms. The second kappa shape index (κ2) is 6.20. The maximum absolute atomic E-state index is 11.1. The lowest BCUT2D eigenvalue weighted by atomic mass is 10.2. The van der Waals surface area contributed by atoms with Gasteiger partial charge in [-0.25, -0.2) is 0 Å². The Balaban J connectivity index is 2.04. The van der Waals surface area contributed by atoms with Gasteiger partial charge in [0.25, 0.3) is 5.56 Å². The highest BCUT2D eigenvalue weighted by atomic mass is 32.2. The Morgan fingerprint density at radius 3 is 2.78 bits per heavy atom. The van der Waals surface area contributed by atoms with Crippen molar-refractivity contribution in [2.75, 3.05) is 11.1 Å². The van der Waals surface area contributed by atoms with Crippen molar-refractivity contribution in [3.63, 3.8) is 0 Å². The molecule has 1 heterocycles. The molecule has 6 heteroatoms. The minimum Gasteiger partial charge on any atom is -0.324 e. The number of nitrogens with one attached hydrogen (secondary N) is 2. The average molecular weight is 262 g/mol. The Morgan fingerprint density at radius 2 is 2.11 bits per heavy atom. The van der Waals surface area contributed by atoms with Crippen LogP contribution in [0.5, 0.6) is 0 Å². The molecule has 1 aromatic heterocycles. The maximum atomic E-state index is 11.1. The van der Waals surface area contributed by atoms with Gasteiger partial charge in [-0.15, -0.1) is 10.2 Å². The number of benzene rings is 1. The Hall–Kier alpha value is -1.82. The number of aromatic nitrogens is 3. The number of aromatic amines is 1. The van der Waals surface area contributed by atoms with Gasteiger partial charge in [-0.05, 0) is 23.4 Å². The standard InChI is InChI=1S/C12H14N4OS/c1-2-18-8-9-3-5-10(6-4-9)14-12-15-11(17)7-13-16-12/h3-7H,2,8H2,1H3,(H2,14,15,16,17). The number of anilines is 2. The molecule has 2 aromatic rings. The molecule has 94 valence electrons. The Morgan fingerprint density at radius 1 is 1.33 bits per heavy atom. The molecule has 0 saturated carbocycles. The van der Waals surface area contributed by atoms with Crippen molar-refractivity contribution < 1.29 is 0 Å². The van der Waals surface area contributed by atoms with Crippen molar-refractivity contribution in [3.8, 4) is 0 Å². The highest BCUT2D eigenvalue weighted by molar-refractivity contribution is 7.98. The van der Waals surface area contributed by atoms with E-state index < -0.39 is 0 Å². The van der Waals surface area contributed by atoms with Gasteiger partial charge < -0.3 is 5.32 Å². The van der Waals surface area contributed by atoms with Gasteiger partial charge in [-0.3, -0.25) is 9.78 Å². The Labute approximate surface area is 109 Å². The van der Waals surface area contributed by atoms with E-state index in [-0.39, 0.29) is 5.56 Å². The largest absolute Gasteiger partial charge is 0.324 e. The van der Waals surface area contributed by atoms with Crippen molar-refractivity contribution in [1.82, 2.24) is 15.2 Å². The summed E-state index contributed by atoms with van der Waals surface area (Å²) in [5.74, 6) is 2.47. The normalized spacial score (nSPS) is 10.3. The van der Waals surface area contributed by atoms with Gasteiger partial charge in [0.1, 0.15) is 6.20 Å². The van der Waals surface area contributed by atoms with Crippen LogP contribution in [0.25, 0.3) is 0 Å². The minimum atomic E-state index is -0.275. The number of hydrogen-bond acceptors (Lipinski definition) is 5. The lowest BCUT2D eigenvalue weighted by molar-refractivity contribution is 0.953. The van der Waals surface area contributed by atoms with Gasteiger partial charge in [-0.2, -0.15) is 11.8 Å². The summed E-state index contributed by atoms with van der Waals surface area (Å²) in [6.07, 6.45) is 1.14. The fourth-order valence-electron chi connectivity index (χ4n) is 1.41. The van der Waals surface area contributed by atoms with Gasteiger partial charge in [0.05, 0.1) is 0 Å². The first-order valence-electron chi connectivity index (χ1n) is 5.63. The SMILES string of the molecule is CCSCc1ccc(Nc2nncc(=O)[nH]2)cc1. The lowest BCUT2D eigenvalue weighted by Crippen LogP contribution is -2.10. The second-order valence-electron chi connectivity index (χ2n) is 3.64. The maximum Gasteiger partial charge on any atom is 0.271 e. The van der Waals surface area contributed by atoms with E-state index in [0.29, 0.717) is 5.95 Å². The lowest BCUT2D eigenvalue weighted by Gasteiger charge is -2.05. The molecule has 0 radical (unpaired) electrons. The smallest absolute Gasteiger partial charge is 0.271 e. The van der Waals surface area contributed by atoms with E-state index in [9.17, 15) is 4.79 Å². The summed E-state index contributed by atoms with van der Waals surface area (Å²) in [5.41, 5.74) is 1.87. The molecule has 0 saturated heterocycles. The van der Waals surface area contributed by atoms with Crippen LogP contribution < -0.4 is 10.9 Å². The van der Waals surface area contributed by atoms with Crippen LogP contribution in [0.1, 0.15) is 12.5 Å². The Kier molecular flexibility index (Phi) is 4.35. The average Bonchev–Trinajstić information content (AvgIpc) is 2.38. The van der Waals surface area contributed by atoms with Crippen LogP contribution in [0.2, 0.25) is 0 Å². The molecule has 0 unspecified atom stereocenters. The van der Waals surface area contributed by atoms with Gasteiger partial charge in [0.15, 0.2) is 0 Å². The first-order valence-corrected chi connectivity index (χ1v) is 6.79. The van der Waals surface area contributed by atoms with Crippen molar-refractivity contribution >= 4 is 23.4 Å². The molecular weight excluding hydrogens is 248 g/mol. The van der Waals surface area contributed by atoms with E-state index in [1.165, 1.54) is 5.56 Å². The minimum absolute atomic E-state index is 0.275. The fourth-order valence-corrected chi connectivity index (χ4v) is 2.04. The third-order valence-electron chi connectivity index (χ3n) is 2.26. The summed E-state index contributed by atoms with van der Waals surface area (Å²) in [6, 6.07) is 8.02. The van der Waals surface area contributed by atoms with Crippen LogP contribution >= 0.6 is 11.8 Å². The second-order valence-corrected chi connectivity index (χ2v) is 4.92. The third-order valence-corrected chi connectivity index (χ3v) is 3.21.